The number of ether oxygens (including phenoxy) is 1. The average Bonchev–Trinajstić information content (AvgIpc) is 2.99. The molecule has 1 N–H and O–H groups in total. The van der Waals surface area contributed by atoms with Gasteiger partial charge in [-0.3, -0.25) is 19.4 Å². The predicted molar refractivity (Wildman–Crippen MR) is 104 cm³/mol. The molecule has 29 heavy (non-hydrogen) atoms. The number of likely N-dealkylation sites (N-methyl/N-ethyl adjacent to an activating group) is 2. The monoisotopic (exact) mass is 424 g/mol. The number of amides is 4. The molecule has 1 aromatic rings. The van der Waals surface area contributed by atoms with Crippen LogP contribution in [-0.2, 0) is 19.6 Å². The number of piperidine rings is 1. The number of hydrogen-bond acceptors (Lipinski definition) is 6. The third-order valence-electron chi connectivity index (χ3n) is 5.00. The van der Waals surface area contributed by atoms with Gasteiger partial charge in [-0.15, -0.1) is 0 Å². The molecule has 10 nitrogen and oxygen atoms in total. The van der Waals surface area contributed by atoms with E-state index >= 15 is 0 Å². The van der Waals surface area contributed by atoms with E-state index in [2.05, 4.69) is 5.32 Å². The molecule has 2 aliphatic rings. The highest BCUT2D eigenvalue weighted by Gasteiger charge is 2.36. The van der Waals surface area contributed by atoms with Crippen LogP contribution in [0.5, 0.6) is 5.75 Å². The van der Waals surface area contributed by atoms with Crippen molar-refractivity contribution >= 4 is 33.6 Å². The standard InChI is InChI=1S/C18H24N4O6S/c1-19-16(23)12-28-15-10-13(29(26,27)21-8-4-3-5-9-21)6-7-14(15)22-11-17(24)20(2)18(22)25/h6-7,10H,3-5,8-9,11-12H2,1-2H3,(H,19,23). The minimum Gasteiger partial charge on any atom is -0.482 e. The SMILES string of the molecule is CNC(=O)COc1cc(S(=O)(=O)N2CCCCC2)ccc1N1CC(=O)N(C)C1=O. The Morgan fingerprint density at radius 1 is 1.17 bits per heavy atom. The maximum absolute atomic E-state index is 13.0. The van der Waals surface area contributed by atoms with E-state index in [4.69, 9.17) is 4.74 Å². The Balaban J connectivity index is 1.97. The molecule has 2 aliphatic heterocycles. The summed E-state index contributed by atoms with van der Waals surface area (Å²) in [6, 6.07) is 3.58. The van der Waals surface area contributed by atoms with Gasteiger partial charge in [0.2, 0.25) is 15.9 Å². The van der Waals surface area contributed by atoms with Gasteiger partial charge in [-0.2, -0.15) is 4.31 Å². The molecule has 0 atom stereocenters. The fraction of sp³-hybridized carbons (Fsp3) is 0.500. The van der Waals surface area contributed by atoms with E-state index < -0.39 is 27.9 Å². The van der Waals surface area contributed by atoms with Crippen molar-refractivity contribution < 1.29 is 27.5 Å². The van der Waals surface area contributed by atoms with Gasteiger partial charge in [0.15, 0.2) is 6.61 Å². The third-order valence-corrected chi connectivity index (χ3v) is 6.89. The van der Waals surface area contributed by atoms with Gasteiger partial charge in [-0.1, -0.05) is 6.42 Å². The second kappa shape index (κ2) is 8.37. The molecule has 0 radical (unpaired) electrons. The second-order valence-electron chi connectivity index (χ2n) is 6.88. The Hall–Kier alpha value is -2.66. The average molecular weight is 424 g/mol. The highest BCUT2D eigenvalue weighted by Crippen LogP contribution is 2.34. The molecule has 0 aromatic heterocycles. The summed E-state index contributed by atoms with van der Waals surface area (Å²) < 4.78 is 32.9. The largest absolute Gasteiger partial charge is 0.482 e. The van der Waals surface area contributed by atoms with Crippen LogP contribution in [0, 0.1) is 0 Å². The summed E-state index contributed by atoms with van der Waals surface area (Å²) in [5, 5.41) is 2.41. The Labute approximate surface area is 169 Å². The lowest BCUT2D eigenvalue weighted by Crippen LogP contribution is -2.35. The maximum atomic E-state index is 13.0. The molecule has 0 aliphatic carbocycles. The van der Waals surface area contributed by atoms with Crippen molar-refractivity contribution in [2.75, 3.05) is 45.2 Å². The van der Waals surface area contributed by atoms with Crippen molar-refractivity contribution in [1.82, 2.24) is 14.5 Å². The number of rotatable bonds is 6. The number of sulfonamides is 1. The van der Waals surface area contributed by atoms with Gasteiger partial charge >= 0.3 is 6.03 Å². The molecule has 0 unspecified atom stereocenters. The second-order valence-corrected chi connectivity index (χ2v) is 8.82. The topological polar surface area (TPSA) is 116 Å². The van der Waals surface area contributed by atoms with Crippen LogP contribution >= 0.6 is 0 Å². The minimum atomic E-state index is -3.73. The van der Waals surface area contributed by atoms with Gasteiger partial charge in [0.05, 0.1) is 10.6 Å². The molecule has 0 bridgehead atoms. The summed E-state index contributed by atoms with van der Waals surface area (Å²) in [7, 11) is -0.920. The Morgan fingerprint density at radius 3 is 2.45 bits per heavy atom. The number of hydrogen-bond donors (Lipinski definition) is 1. The first-order valence-electron chi connectivity index (χ1n) is 9.31. The zero-order valence-electron chi connectivity index (χ0n) is 16.4. The van der Waals surface area contributed by atoms with E-state index in [9.17, 15) is 22.8 Å². The highest BCUT2D eigenvalue weighted by atomic mass is 32.2. The number of anilines is 1. The smallest absolute Gasteiger partial charge is 0.331 e. The molecular weight excluding hydrogens is 400 g/mol. The Morgan fingerprint density at radius 2 is 1.86 bits per heavy atom. The molecule has 2 fully saturated rings. The van der Waals surface area contributed by atoms with E-state index in [1.54, 1.807) is 0 Å². The van der Waals surface area contributed by atoms with Crippen LogP contribution in [0.25, 0.3) is 0 Å². The summed E-state index contributed by atoms with van der Waals surface area (Å²) in [5.74, 6) is -0.762. The maximum Gasteiger partial charge on any atom is 0.331 e. The molecule has 3 rings (SSSR count). The number of imide groups is 1. The van der Waals surface area contributed by atoms with Crippen LogP contribution in [-0.4, -0.2) is 75.8 Å². The van der Waals surface area contributed by atoms with Crippen molar-refractivity contribution in [2.24, 2.45) is 0 Å². The molecule has 2 saturated heterocycles. The van der Waals surface area contributed by atoms with Crippen molar-refractivity contribution in [3.8, 4) is 5.75 Å². The summed E-state index contributed by atoms with van der Waals surface area (Å²) in [4.78, 5) is 38.0. The van der Waals surface area contributed by atoms with Crippen LogP contribution in [0.2, 0.25) is 0 Å². The first kappa shape index (κ1) is 21.1. The van der Waals surface area contributed by atoms with Crippen LogP contribution in [0.4, 0.5) is 10.5 Å². The predicted octanol–water partition coefficient (Wildman–Crippen LogP) is 0.384. The lowest BCUT2D eigenvalue weighted by atomic mass is 10.2. The molecular formula is C18H24N4O6S. The number of benzene rings is 1. The Kier molecular flexibility index (Phi) is 6.08. The van der Waals surface area contributed by atoms with Gasteiger partial charge in [0.25, 0.3) is 5.91 Å². The van der Waals surface area contributed by atoms with Crippen molar-refractivity contribution in [2.45, 2.75) is 24.2 Å². The normalized spacial score (nSPS) is 18.3. The Bertz CT molecular complexity index is 926. The summed E-state index contributed by atoms with van der Waals surface area (Å²) in [6.45, 7) is 0.345. The van der Waals surface area contributed by atoms with Crippen LogP contribution in [0.3, 0.4) is 0 Å². The van der Waals surface area contributed by atoms with Crippen molar-refractivity contribution in [1.29, 1.82) is 0 Å². The molecule has 0 spiro atoms. The number of nitrogens with one attached hydrogen (secondary N) is 1. The van der Waals surface area contributed by atoms with E-state index in [1.165, 1.54) is 41.5 Å². The van der Waals surface area contributed by atoms with Crippen molar-refractivity contribution in [3.63, 3.8) is 0 Å². The highest BCUT2D eigenvalue weighted by molar-refractivity contribution is 7.89. The number of carbonyl (C=O) groups excluding carboxylic acids is 3. The molecule has 2 heterocycles. The first-order valence-corrected chi connectivity index (χ1v) is 10.8. The summed E-state index contributed by atoms with van der Waals surface area (Å²) in [6.07, 6.45) is 2.59. The lowest BCUT2D eigenvalue weighted by molar-refractivity contribution is -0.124. The molecule has 0 saturated carbocycles. The van der Waals surface area contributed by atoms with Crippen LogP contribution in [0.15, 0.2) is 23.1 Å². The van der Waals surface area contributed by atoms with Gasteiger partial charge in [0.1, 0.15) is 12.3 Å². The van der Waals surface area contributed by atoms with Gasteiger partial charge in [-0.05, 0) is 25.0 Å². The van der Waals surface area contributed by atoms with E-state index in [-0.39, 0.29) is 29.5 Å². The zero-order valence-corrected chi connectivity index (χ0v) is 17.2. The fourth-order valence-electron chi connectivity index (χ4n) is 3.25. The number of nitrogens with zero attached hydrogens (tertiary/aromatic N) is 3. The number of carbonyl (C=O) groups is 3. The van der Waals surface area contributed by atoms with Crippen LogP contribution < -0.4 is 15.0 Å². The first-order chi connectivity index (χ1) is 13.8. The van der Waals surface area contributed by atoms with Gasteiger partial charge < -0.3 is 10.1 Å². The lowest BCUT2D eigenvalue weighted by Gasteiger charge is -2.26. The van der Waals surface area contributed by atoms with Gasteiger partial charge in [-0.25, -0.2) is 13.2 Å². The van der Waals surface area contributed by atoms with Crippen LogP contribution in [0.1, 0.15) is 19.3 Å². The quantitative estimate of drug-likeness (QED) is 0.660. The minimum absolute atomic E-state index is 0.0152. The van der Waals surface area contributed by atoms with Crippen molar-refractivity contribution in [3.05, 3.63) is 18.2 Å². The summed E-state index contributed by atoms with van der Waals surface area (Å²) >= 11 is 0. The fourth-order valence-corrected chi connectivity index (χ4v) is 4.78. The molecule has 11 heteroatoms. The van der Waals surface area contributed by atoms with E-state index in [0.717, 1.165) is 24.2 Å². The van der Waals surface area contributed by atoms with E-state index in [0.29, 0.717) is 13.1 Å². The zero-order chi connectivity index (χ0) is 21.2. The third kappa shape index (κ3) is 4.20. The molecule has 158 valence electrons. The molecule has 4 amide bonds. The molecule has 1 aromatic carbocycles. The number of urea groups is 1. The summed E-state index contributed by atoms with van der Waals surface area (Å²) in [5.41, 5.74) is 0.231. The van der Waals surface area contributed by atoms with Gasteiger partial charge in [0, 0.05) is 33.3 Å². The van der Waals surface area contributed by atoms with E-state index in [1.807, 2.05) is 0 Å².